The van der Waals surface area contributed by atoms with E-state index in [2.05, 4.69) is 15.5 Å². The van der Waals surface area contributed by atoms with Crippen molar-refractivity contribution in [3.63, 3.8) is 0 Å². The van der Waals surface area contributed by atoms with Gasteiger partial charge in [0.05, 0.1) is 6.04 Å². The minimum atomic E-state index is -0.821. The third-order valence-electron chi connectivity index (χ3n) is 3.52. The molecule has 1 aromatic carbocycles. The van der Waals surface area contributed by atoms with Crippen LogP contribution in [0.1, 0.15) is 37.3 Å². The molecule has 2 aromatic rings. The molecule has 1 saturated carbocycles. The lowest BCUT2D eigenvalue weighted by Crippen LogP contribution is -2.08. The molecule has 20 heavy (non-hydrogen) atoms. The van der Waals surface area contributed by atoms with Gasteiger partial charge >= 0.3 is 0 Å². The molecule has 0 bridgehead atoms. The maximum Gasteiger partial charge on any atom is 0.209 e. The maximum absolute atomic E-state index is 13.6. The smallest absolute Gasteiger partial charge is 0.209 e. The first-order valence-corrected chi connectivity index (χ1v) is 7.58. The van der Waals surface area contributed by atoms with Gasteiger partial charge in [-0.15, -0.1) is 5.10 Å². The summed E-state index contributed by atoms with van der Waals surface area (Å²) in [4.78, 5) is 0. The van der Waals surface area contributed by atoms with E-state index in [-0.39, 0.29) is 0 Å². The molecule has 106 valence electrons. The van der Waals surface area contributed by atoms with E-state index >= 15 is 0 Å². The van der Waals surface area contributed by atoms with Gasteiger partial charge in [0.2, 0.25) is 5.16 Å². The Hall–Kier alpha value is -1.50. The number of hydrogen-bond acceptors (Lipinski definition) is 4. The molecule has 1 aliphatic carbocycles. The second kappa shape index (κ2) is 5.87. The van der Waals surface area contributed by atoms with Gasteiger partial charge in [0.25, 0.3) is 0 Å². The maximum atomic E-state index is 13.6. The Morgan fingerprint density at radius 3 is 2.85 bits per heavy atom. The van der Waals surface area contributed by atoms with Crippen LogP contribution in [0.25, 0.3) is 0 Å². The molecule has 0 aliphatic heterocycles. The Balaban J connectivity index is 1.72. The van der Waals surface area contributed by atoms with Crippen LogP contribution in [0.15, 0.2) is 23.4 Å². The molecular formula is C13H14F2N4S. The summed E-state index contributed by atoms with van der Waals surface area (Å²) in [6.07, 6.45) is 4.53. The summed E-state index contributed by atoms with van der Waals surface area (Å²) in [5, 5.41) is 12.4. The molecule has 1 aliphatic rings. The molecule has 0 amide bonds. The molecule has 1 heterocycles. The molecular weight excluding hydrogens is 282 g/mol. The van der Waals surface area contributed by atoms with Crippen LogP contribution in [0.4, 0.5) is 8.78 Å². The predicted molar refractivity (Wildman–Crippen MR) is 71.2 cm³/mol. The van der Waals surface area contributed by atoms with Crippen molar-refractivity contribution < 1.29 is 8.78 Å². The predicted octanol–water partition coefficient (Wildman–Crippen LogP) is 3.36. The number of thioether (sulfide) groups is 1. The SMILES string of the molecule is Fc1cccc(CSc2nnnn2C2CCCC2)c1F. The second-order valence-electron chi connectivity index (χ2n) is 4.85. The first-order chi connectivity index (χ1) is 9.75. The third-order valence-corrected chi connectivity index (χ3v) is 4.50. The van der Waals surface area contributed by atoms with E-state index in [9.17, 15) is 8.78 Å². The highest BCUT2D eigenvalue weighted by molar-refractivity contribution is 7.98. The average molecular weight is 296 g/mol. The van der Waals surface area contributed by atoms with Crippen molar-refractivity contribution in [3.05, 3.63) is 35.4 Å². The number of halogens is 2. The quantitative estimate of drug-likeness (QED) is 0.811. The molecule has 0 atom stereocenters. The van der Waals surface area contributed by atoms with Crippen LogP contribution < -0.4 is 0 Å². The summed E-state index contributed by atoms with van der Waals surface area (Å²) < 4.78 is 28.5. The topological polar surface area (TPSA) is 43.6 Å². The third kappa shape index (κ3) is 2.67. The summed E-state index contributed by atoms with van der Waals surface area (Å²) in [5.74, 6) is -1.30. The summed E-state index contributed by atoms with van der Waals surface area (Å²) >= 11 is 1.34. The highest BCUT2D eigenvalue weighted by atomic mass is 32.2. The van der Waals surface area contributed by atoms with Gasteiger partial charge in [-0.1, -0.05) is 36.7 Å². The van der Waals surface area contributed by atoms with Gasteiger partial charge in [0, 0.05) is 11.3 Å². The molecule has 3 rings (SSSR count). The van der Waals surface area contributed by atoms with E-state index < -0.39 is 11.6 Å². The van der Waals surface area contributed by atoms with Crippen molar-refractivity contribution in [2.24, 2.45) is 0 Å². The van der Waals surface area contributed by atoms with Crippen molar-refractivity contribution >= 4 is 11.8 Å². The van der Waals surface area contributed by atoms with Crippen LogP contribution in [-0.2, 0) is 5.75 Å². The highest BCUT2D eigenvalue weighted by Gasteiger charge is 2.21. The molecule has 4 nitrogen and oxygen atoms in total. The number of nitrogens with zero attached hydrogens (tertiary/aromatic N) is 4. The molecule has 0 saturated heterocycles. The largest absolute Gasteiger partial charge is 0.217 e. The van der Waals surface area contributed by atoms with E-state index in [1.807, 2.05) is 4.68 Å². The molecule has 7 heteroatoms. The summed E-state index contributed by atoms with van der Waals surface area (Å²) in [6.45, 7) is 0. The Bertz CT molecular complexity index is 596. The molecule has 0 N–H and O–H groups in total. The van der Waals surface area contributed by atoms with Gasteiger partial charge in [-0.2, -0.15) is 0 Å². The molecule has 0 spiro atoms. The Morgan fingerprint density at radius 1 is 1.25 bits per heavy atom. The molecule has 0 radical (unpaired) electrons. The fourth-order valence-corrected chi connectivity index (χ4v) is 3.38. The molecule has 0 unspecified atom stereocenters. The summed E-state index contributed by atoms with van der Waals surface area (Å²) in [5.41, 5.74) is 0.330. The van der Waals surface area contributed by atoms with Crippen molar-refractivity contribution in [2.45, 2.75) is 42.6 Å². The molecule has 1 fully saturated rings. The van der Waals surface area contributed by atoms with Gasteiger partial charge < -0.3 is 0 Å². The van der Waals surface area contributed by atoms with E-state index in [1.165, 1.54) is 30.7 Å². The fourth-order valence-electron chi connectivity index (χ4n) is 2.46. The van der Waals surface area contributed by atoms with Crippen molar-refractivity contribution in [1.82, 2.24) is 20.2 Å². The van der Waals surface area contributed by atoms with Crippen molar-refractivity contribution in [1.29, 1.82) is 0 Å². The van der Waals surface area contributed by atoms with Crippen LogP contribution in [0.5, 0.6) is 0 Å². The van der Waals surface area contributed by atoms with Gasteiger partial charge in [-0.05, 0) is 29.3 Å². The first-order valence-electron chi connectivity index (χ1n) is 6.59. The molecule has 1 aromatic heterocycles. The Labute approximate surface area is 119 Å². The standard InChI is InChI=1S/C13H14F2N4S/c14-11-7-3-4-9(12(11)15)8-20-13-16-17-18-19(13)10-5-1-2-6-10/h3-4,7,10H,1-2,5-6,8H2. The number of hydrogen-bond donors (Lipinski definition) is 0. The van der Waals surface area contributed by atoms with Crippen LogP contribution in [0.3, 0.4) is 0 Å². The number of aromatic nitrogens is 4. The second-order valence-corrected chi connectivity index (χ2v) is 5.79. The lowest BCUT2D eigenvalue weighted by Gasteiger charge is -2.10. The van der Waals surface area contributed by atoms with E-state index in [0.717, 1.165) is 18.9 Å². The fraction of sp³-hybridized carbons (Fsp3) is 0.462. The van der Waals surface area contributed by atoms with Crippen molar-refractivity contribution in [3.8, 4) is 0 Å². The Kier molecular flexibility index (Phi) is 3.95. The van der Waals surface area contributed by atoms with Crippen molar-refractivity contribution in [2.75, 3.05) is 0 Å². The normalized spacial score (nSPS) is 15.9. The summed E-state index contributed by atoms with van der Waals surface area (Å²) in [6, 6.07) is 4.54. The van der Waals surface area contributed by atoms with Crippen LogP contribution >= 0.6 is 11.8 Å². The first kappa shape index (κ1) is 13.5. The number of benzene rings is 1. The number of rotatable bonds is 4. The van der Waals surface area contributed by atoms with E-state index in [1.54, 1.807) is 6.07 Å². The van der Waals surface area contributed by atoms with Crippen LogP contribution in [-0.4, -0.2) is 20.2 Å². The van der Waals surface area contributed by atoms with E-state index in [4.69, 9.17) is 0 Å². The van der Waals surface area contributed by atoms with Gasteiger partial charge in [-0.3, -0.25) is 0 Å². The van der Waals surface area contributed by atoms with Gasteiger partial charge in [-0.25, -0.2) is 13.5 Å². The lowest BCUT2D eigenvalue weighted by atomic mass is 10.2. The highest BCUT2D eigenvalue weighted by Crippen LogP contribution is 2.32. The Morgan fingerprint density at radius 2 is 2.05 bits per heavy atom. The minimum absolute atomic E-state index is 0.316. The van der Waals surface area contributed by atoms with Crippen LogP contribution in [0, 0.1) is 11.6 Å². The van der Waals surface area contributed by atoms with Gasteiger partial charge in [0.1, 0.15) is 0 Å². The van der Waals surface area contributed by atoms with Gasteiger partial charge in [0.15, 0.2) is 11.6 Å². The average Bonchev–Trinajstić information content (AvgIpc) is 3.10. The lowest BCUT2D eigenvalue weighted by molar-refractivity contribution is 0.423. The number of tetrazole rings is 1. The zero-order chi connectivity index (χ0) is 13.9. The van der Waals surface area contributed by atoms with E-state index in [0.29, 0.717) is 22.5 Å². The monoisotopic (exact) mass is 296 g/mol. The zero-order valence-corrected chi connectivity index (χ0v) is 11.6. The minimum Gasteiger partial charge on any atom is -0.217 e. The summed E-state index contributed by atoms with van der Waals surface area (Å²) in [7, 11) is 0. The van der Waals surface area contributed by atoms with Crippen LogP contribution in [0.2, 0.25) is 0 Å². The zero-order valence-electron chi connectivity index (χ0n) is 10.8.